The monoisotopic (exact) mass is 288 g/mol. The van der Waals surface area contributed by atoms with E-state index in [1.165, 1.54) is 0 Å². The second-order valence-corrected chi connectivity index (χ2v) is 7.23. The van der Waals surface area contributed by atoms with Gasteiger partial charge in [0, 0.05) is 18.5 Å². The zero-order chi connectivity index (χ0) is 14.6. The first kappa shape index (κ1) is 16.2. The zero-order valence-electron chi connectivity index (χ0n) is 11.8. The number of amides is 1. The van der Waals surface area contributed by atoms with Crippen LogP contribution in [0.1, 0.15) is 39.5 Å². The van der Waals surface area contributed by atoms with E-state index < -0.39 is 10.0 Å². The van der Waals surface area contributed by atoms with E-state index in [9.17, 15) is 13.2 Å². The Morgan fingerprint density at radius 1 is 1.47 bits per heavy atom. The molecule has 1 fully saturated rings. The predicted molar refractivity (Wildman–Crippen MR) is 75.9 cm³/mol. The van der Waals surface area contributed by atoms with E-state index in [-0.39, 0.29) is 23.6 Å². The van der Waals surface area contributed by atoms with Gasteiger partial charge in [0.05, 0.1) is 5.75 Å². The lowest BCUT2D eigenvalue weighted by molar-refractivity contribution is -0.138. The summed E-state index contributed by atoms with van der Waals surface area (Å²) in [5.74, 6) is -0.284. The number of piperidine rings is 1. The van der Waals surface area contributed by atoms with E-state index in [0.717, 1.165) is 18.4 Å². The van der Waals surface area contributed by atoms with Gasteiger partial charge in [-0.15, -0.1) is 6.58 Å². The number of nitrogens with zero attached hydrogens (tertiary/aromatic N) is 1. The number of primary sulfonamides is 1. The van der Waals surface area contributed by atoms with E-state index in [0.29, 0.717) is 19.4 Å². The summed E-state index contributed by atoms with van der Waals surface area (Å²) in [7, 11) is -3.55. The molecule has 0 bridgehead atoms. The highest BCUT2D eigenvalue weighted by atomic mass is 32.2. The van der Waals surface area contributed by atoms with E-state index >= 15 is 0 Å². The molecule has 110 valence electrons. The fourth-order valence-electron chi connectivity index (χ4n) is 2.63. The Hall–Kier alpha value is -0.880. The fraction of sp³-hybridized carbons (Fsp3) is 0.769. The Bertz CT molecular complexity index is 445. The lowest BCUT2D eigenvalue weighted by Crippen LogP contribution is -2.49. The van der Waals surface area contributed by atoms with Crippen LogP contribution in [0.5, 0.6) is 0 Å². The molecule has 5 nitrogen and oxygen atoms in total. The van der Waals surface area contributed by atoms with Crippen LogP contribution in [-0.4, -0.2) is 37.6 Å². The van der Waals surface area contributed by atoms with Crippen LogP contribution in [0.25, 0.3) is 0 Å². The van der Waals surface area contributed by atoms with Crippen molar-refractivity contribution < 1.29 is 13.2 Å². The zero-order valence-corrected chi connectivity index (χ0v) is 12.6. The molecule has 0 aromatic carbocycles. The van der Waals surface area contributed by atoms with Gasteiger partial charge in [0.15, 0.2) is 0 Å². The molecule has 0 spiro atoms. The summed E-state index contributed by atoms with van der Waals surface area (Å²) in [6.07, 6.45) is 3.21. The van der Waals surface area contributed by atoms with Crippen LogP contribution in [0.2, 0.25) is 0 Å². The molecular weight excluding hydrogens is 264 g/mol. The van der Waals surface area contributed by atoms with Gasteiger partial charge in [-0.3, -0.25) is 4.79 Å². The number of hydrogen-bond donors (Lipinski definition) is 1. The molecule has 0 radical (unpaired) electrons. The summed E-state index contributed by atoms with van der Waals surface area (Å²) >= 11 is 0. The molecule has 6 heteroatoms. The van der Waals surface area contributed by atoms with Gasteiger partial charge < -0.3 is 4.90 Å². The van der Waals surface area contributed by atoms with Gasteiger partial charge in [0.1, 0.15) is 0 Å². The number of hydrogen-bond acceptors (Lipinski definition) is 3. The second kappa shape index (κ2) is 6.52. The van der Waals surface area contributed by atoms with Gasteiger partial charge in [-0.05, 0) is 32.6 Å². The highest BCUT2D eigenvalue weighted by Crippen LogP contribution is 2.22. The largest absolute Gasteiger partial charge is 0.338 e. The number of rotatable bonds is 5. The Morgan fingerprint density at radius 3 is 2.63 bits per heavy atom. The molecule has 2 unspecified atom stereocenters. The predicted octanol–water partition coefficient (Wildman–Crippen LogP) is 1.26. The Kier molecular flexibility index (Phi) is 5.55. The quantitative estimate of drug-likeness (QED) is 0.773. The first-order valence-corrected chi connectivity index (χ1v) is 8.37. The summed E-state index contributed by atoms with van der Waals surface area (Å²) < 4.78 is 22.5. The molecule has 1 saturated heterocycles. The van der Waals surface area contributed by atoms with Gasteiger partial charge in [0.25, 0.3) is 0 Å². The highest BCUT2D eigenvalue weighted by Gasteiger charge is 2.31. The minimum absolute atomic E-state index is 0.0105. The van der Waals surface area contributed by atoms with E-state index in [4.69, 9.17) is 5.14 Å². The maximum Gasteiger partial charge on any atom is 0.226 e. The van der Waals surface area contributed by atoms with Gasteiger partial charge in [0.2, 0.25) is 15.9 Å². The van der Waals surface area contributed by atoms with Crippen molar-refractivity contribution in [3.63, 3.8) is 0 Å². The van der Waals surface area contributed by atoms with Crippen LogP contribution in [0.3, 0.4) is 0 Å². The van der Waals surface area contributed by atoms with Crippen LogP contribution in [-0.2, 0) is 14.8 Å². The number of allylic oxidation sites excluding steroid dienone is 1. The highest BCUT2D eigenvalue weighted by molar-refractivity contribution is 7.89. The number of likely N-dealkylation sites (tertiary alicyclic amines) is 1. The van der Waals surface area contributed by atoms with Gasteiger partial charge in [-0.25, -0.2) is 13.6 Å². The van der Waals surface area contributed by atoms with Crippen LogP contribution in [0.15, 0.2) is 12.2 Å². The van der Waals surface area contributed by atoms with Gasteiger partial charge in [-0.2, -0.15) is 0 Å². The summed E-state index contributed by atoms with van der Waals surface area (Å²) in [6, 6.07) is -0.274. The maximum atomic E-state index is 12.4. The topological polar surface area (TPSA) is 80.5 Å². The summed E-state index contributed by atoms with van der Waals surface area (Å²) in [5.41, 5.74) is 0.959. The smallest absolute Gasteiger partial charge is 0.226 e. The van der Waals surface area contributed by atoms with Crippen molar-refractivity contribution in [2.75, 3.05) is 12.3 Å². The van der Waals surface area contributed by atoms with Crippen molar-refractivity contribution in [3.8, 4) is 0 Å². The molecule has 1 aliphatic heterocycles. The average Bonchev–Trinajstić information content (AvgIpc) is 2.25. The van der Waals surface area contributed by atoms with Crippen molar-refractivity contribution in [2.45, 2.75) is 45.6 Å². The lowest BCUT2D eigenvalue weighted by Gasteiger charge is -2.37. The van der Waals surface area contributed by atoms with E-state index in [2.05, 4.69) is 6.58 Å². The van der Waals surface area contributed by atoms with Crippen molar-refractivity contribution in [1.82, 2.24) is 4.90 Å². The molecule has 0 aliphatic carbocycles. The van der Waals surface area contributed by atoms with E-state index in [1.807, 2.05) is 13.8 Å². The van der Waals surface area contributed by atoms with Gasteiger partial charge in [-0.1, -0.05) is 12.5 Å². The average molecular weight is 288 g/mol. The first-order valence-electron chi connectivity index (χ1n) is 6.66. The normalized spacial score (nSPS) is 22.1. The molecule has 0 aromatic rings. The SMILES string of the molecule is C=C(C)CC(C)C(=O)N1CCCCC1CS(N)(=O)=O. The first-order chi connectivity index (χ1) is 8.70. The van der Waals surface area contributed by atoms with Crippen molar-refractivity contribution in [1.29, 1.82) is 0 Å². The standard InChI is InChI=1S/C13H24N2O3S/c1-10(2)8-11(3)13(16)15-7-5-4-6-12(15)9-19(14,17)18/h11-12H,1,4-9H2,2-3H3,(H2,14,17,18). The summed E-state index contributed by atoms with van der Waals surface area (Å²) in [5, 5.41) is 5.11. The van der Waals surface area contributed by atoms with Crippen molar-refractivity contribution in [2.24, 2.45) is 11.1 Å². The minimum atomic E-state index is -3.55. The third kappa shape index (κ3) is 5.32. The molecule has 2 N–H and O–H groups in total. The molecule has 2 atom stereocenters. The lowest BCUT2D eigenvalue weighted by atomic mass is 9.97. The second-order valence-electron chi connectivity index (χ2n) is 5.57. The van der Waals surface area contributed by atoms with Crippen molar-refractivity contribution in [3.05, 3.63) is 12.2 Å². The number of sulfonamides is 1. The Labute approximate surface area is 115 Å². The van der Waals surface area contributed by atoms with Crippen LogP contribution in [0, 0.1) is 5.92 Å². The molecule has 1 aliphatic rings. The number of carbonyl (C=O) groups is 1. The third-order valence-corrected chi connectivity index (χ3v) is 4.26. The molecular formula is C13H24N2O3S. The van der Waals surface area contributed by atoms with Crippen LogP contribution in [0.4, 0.5) is 0 Å². The maximum absolute atomic E-state index is 12.4. The molecule has 1 heterocycles. The van der Waals surface area contributed by atoms with Gasteiger partial charge >= 0.3 is 0 Å². The minimum Gasteiger partial charge on any atom is -0.338 e. The van der Waals surface area contributed by atoms with E-state index in [1.54, 1.807) is 4.90 Å². The molecule has 1 rings (SSSR count). The molecule has 0 saturated carbocycles. The third-order valence-electron chi connectivity index (χ3n) is 3.41. The Balaban J connectivity index is 2.76. The fourth-order valence-corrected chi connectivity index (χ4v) is 3.51. The number of nitrogens with two attached hydrogens (primary N) is 1. The van der Waals surface area contributed by atoms with Crippen LogP contribution >= 0.6 is 0 Å². The number of carbonyl (C=O) groups excluding carboxylic acids is 1. The molecule has 19 heavy (non-hydrogen) atoms. The van der Waals surface area contributed by atoms with Crippen molar-refractivity contribution >= 4 is 15.9 Å². The molecule has 1 amide bonds. The Morgan fingerprint density at radius 2 is 2.11 bits per heavy atom. The van der Waals surface area contributed by atoms with Crippen LogP contribution < -0.4 is 5.14 Å². The summed E-state index contributed by atoms with van der Waals surface area (Å²) in [6.45, 7) is 8.19. The summed E-state index contributed by atoms with van der Waals surface area (Å²) in [4.78, 5) is 14.1. The molecule has 0 aromatic heterocycles.